The van der Waals surface area contributed by atoms with Gasteiger partial charge in [0.1, 0.15) is 11.3 Å². The van der Waals surface area contributed by atoms with Gasteiger partial charge in [0.25, 0.3) is 0 Å². The molecule has 0 fully saturated rings. The molecule has 21 heavy (non-hydrogen) atoms. The molecule has 108 valence electrons. The van der Waals surface area contributed by atoms with E-state index in [0.29, 0.717) is 22.1 Å². The maximum atomic E-state index is 14.0. The van der Waals surface area contributed by atoms with E-state index in [-0.39, 0.29) is 11.9 Å². The Balaban J connectivity index is 2.33. The molecule has 0 saturated carbocycles. The third-order valence-corrected chi connectivity index (χ3v) is 3.79. The third kappa shape index (κ3) is 2.25. The number of rotatable bonds is 2. The summed E-state index contributed by atoms with van der Waals surface area (Å²) in [7, 11) is 0. The highest BCUT2D eigenvalue weighted by Gasteiger charge is 2.17. The summed E-state index contributed by atoms with van der Waals surface area (Å²) in [6.45, 7) is 4.07. The molecule has 3 aromatic rings. The smallest absolute Gasteiger partial charge is 0.151 e. The van der Waals surface area contributed by atoms with Crippen LogP contribution in [0.25, 0.3) is 22.4 Å². The molecule has 0 aliphatic heterocycles. The lowest BCUT2D eigenvalue weighted by Crippen LogP contribution is -2.03. The van der Waals surface area contributed by atoms with E-state index in [1.165, 1.54) is 6.07 Å². The quantitative estimate of drug-likeness (QED) is 0.700. The highest BCUT2D eigenvalue weighted by molar-refractivity contribution is 6.33. The molecule has 0 saturated heterocycles. The van der Waals surface area contributed by atoms with Crippen LogP contribution in [0.5, 0.6) is 0 Å². The van der Waals surface area contributed by atoms with Crippen molar-refractivity contribution in [1.82, 2.24) is 9.55 Å². The first kappa shape index (κ1) is 13.9. The van der Waals surface area contributed by atoms with Crippen LogP contribution in [0.15, 0.2) is 36.4 Å². The Morgan fingerprint density at radius 2 is 2.00 bits per heavy atom. The second-order valence-corrected chi connectivity index (χ2v) is 5.65. The number of imidazole rings is 1. The summed E-state index contributed by atoms with van der Waals surface area (Å²) in [4.78, 5) is 4.46. The van der Waals surface area contributed by atoms with Gasteiger partial charge < -0.3 is 10.3 Å². The van der Waals surface area contributed by atoms with Crippen molar-refractivity contribution in [2.75, 3.05) is 5.73 Å². The first-order chi connectivity index (χ1) is 9.99. The Morgan fingerprint density at radius 3 is 2.67 bits per heavy atom. The molecule has 5 heteroatoms. The topological polar surface area (TPSA) is 43.8 Å². The molecule has 0 amide bonds. The Bertz CT molecular complexity index is 824. The van der Waals surface area contributed by atoms with Crippen molar-refractivity contribution in [1.29, 1.82) is 0 Å². The SMILES string of the molecule is CC(C)n1c(-c2ccc(Cl)c(N)c2)nc2c(F)cccc21. The van der Waals surface area contributed by atoms with Crippen molar-refractivity contribution in [2.45, 2.75) is 19.9 Å². The predicted molar refractivity (Wildman–Crippen MR) is 84.9 cm³/mol. The number of anilines is 1. The van der Waals surface area contributed by atoms with Crippen molar-refractivity contribution in [3.05, 3.63) is 47.2 Å². The zero-order valence-corrected chi connectivity index (χ0v) is 12.5. The summed E-state index contributed by atoms with van der Waals surface area (Å²) in [5.41, 5.74) is 8.31. The van der Waals surface area contributed by atoms with Crippen LogP contribution in [0.2, 0.25) is 5.02 Å². The fourth-order valence-electron chi connectivity index (χ4n) is 2.49. The van der Waals surface area contributed by atoms with Gasteiger partial charge in [0.05, 0.1) is 16.2 Å². The standard InChI is InChI=1S/C16H15ClFN3/c1-9(2)21-14-5-3-4-12(18)15(14)20-16(21)10-6-7-11(17)13(19)8-10/h3-9H,19H2,1-2H3. The summed E-state index contributed by atoms with van der Waals surface area (Å²) < 4.78 is 16.0. The summed E-state index contributed by atoms with van der Waals surface area (Å²) >= 11 is 5.96. The van der Waals surface area contributed by atoms with E-state index in [2.05, 4.69) is 4.98 Å². The number of nitrogens with two attached hydrogens (primary N) is 1. The number of benzene rings is 2. The predicted octanol–water partition coefficient (Wildman–Crippen LogP) is 4.66. The van der Waals surface area contributed by atoms with Crippen molar-refractivity contribution in [2.24, 2.45) is 0 Å². The van der Waals surface area contributed by atoms with E-state index in [1.54, 1.807) is 18.2 Å². The van der Waals surface area contributed by atoms with Crippen LogP contribution < -0.4 is 5.73 Å². The average molecular weight is 304 g/mol. The average Bonchev–Trinajstić information content (AvgIpc) is 2.83. The molecule has 0 unspecified atom stereocenters. The number of para-hydroxylation sites is 1. The fourth-order valence-corrected chi connectivity index (χ4v) is 2.61. The van der Waals surface area contributed by atoms with E-state index < -0.39 is 0 Å². The van der Waals surface area contributed by atoms with Gasteiger partial charge in [-0.1, -0.05) is 17.7 Å². The van der Waals surface area contributed by atoms with E-state index in [1.807, 2.05) is 30.5 Å². The van der Waals surface area contributed by atoms with Crippen LogP contribution in [-0.4, -0.2) is 9.55 Å². The second kappa shape index (κ2) is 5.04. The van der Waals surface area contributed by atoms with Crippen LogP contribution in [-0.2, 0) is 0 Å². The van der Waals surface area contributed by atoms with Gasteiger partial charge in [-0.2, -0.15) is 0 Å². The highest BCUT2D eigenvalue weighted by Crippen LogP contribution is 2.32. The number of fused-ring (bicyclic) bond motifs is 1. The summed E-state index contributed by atoms with van der Waals surface area (Å²) in [6.07, 6.45) is 0. The molecule has 3 rings (SSSR count). The number of hydrogen-bond donors (Lipinski definition) is 1. The molecule has 2 aromatic carbocycles. The van der Waals surface area contributed by atoms with E-state index >= 15 is 0 Å². The maximum absolute atomic E-state index is 14.0. The Morgan fingerprint density at radius 1 is 1.24 bits per heavy atom. The minimum Gasteiger partial charge on any atom is -0.398 e. The van der Waals surface area contributed by atoms with Crippen LogP contribution in [0.3, 0.4) is 0 Å². The Hall–Kier alpha value is -2.07. The highest BCUT2D eigenvalue weighted by atomic mass is 35.5. The molecule has 0 bridgehead atoms. The molecular formula is C16H15ClFN3. The minimum atomic E-state index is -0.324. The largest absolute Gasteiger partial charge is 0.398 e. The van der Waals surface area contributed by atoms with Crippen LogP contribution in [0, 0.1) is 5.82 Å². The van der Waals surface area contributed by atoms with Gasteiger partial charge in [-0.25, -0.2) is 9.37 Å². The molecule has 3 nitrogen and oxygen atoms in total. The first-order valence-corrected chi connectivity index (χ1v) is 7.08. The molecule has 1 aromatic heterocycles. The summed E-state index contributed by atoms with van der Waals surface area (Å²) in [5, 5.41) is 0.497. The number of nitrogen functional groups attached to an aromatic ring is 1. The first-order valence-electron chi connectivity index (χ1n) is 6.71. The minimum absolute atomic E-state index is 0.142. The van der Waals surface area contributed by atoms with Crippen molar-refractivity contribution in [3.63, 3.8) is 0 Å². The molecular weight excluding hydrogens is 289 g/mol. The molecule has 2 N–H and O–H groups in total. The molecule has 0 atom stereocenters. The normalized spacial score (nSPS) is 11.5. The van der Waals surface area contributed by atoms with Crippen molar-refractivity contribution >= 4 is 28.3 Å². The molecule has 0 aliphatic carbocycles. The van der Waals surface area contributed by atoms with Gasteiger partial charge in [0, 0.05) is 11.6 Å². The van der Waals surface area contributed by atoms with Gasteiger partial charge >= 0.3 is 0 Å². The van der Waals surface area contributed by atoms with Gasteiger partial charge in [0.15, 0.2) is 5.82 Å². The molecule has 0 spiro atoms. The zero-order valence-electron chi connectivity index (χ0n) is 11.8. The van der Waals surface area contributed by atoms with Crippen LogP contribution in [0.4, 0.5) is 10.1 Å². The van der Waals surface area contributed by atoms with Gasteiger partial charge in [-0.05, 0) is 44.2 Å². The van der Waals surface area contributed by atoms with Gasteiger partial charge in [0.2, 0.25) is 0 Å². The second-order valence-electron chi connectivity index (χ2n) is 5.24. The molecule has 0 radical (unpaired) electrons. The lowest BCUT2D eigenvalue weighted by molar-refractivity contribution is 0.623. The maximum Gasteiger partial charge on any atom is 0.151 e. The van der Waals surface area contributed by atoms with Gasteiger partial charge in [-0.3, -0.25) is 0 Å². The zero-order chi connectivity index (χ0) is 15.1. The van der Waals surface area contributed by atoms with Crippen LogP contribution >= 0.6 is 11.6 Å². The van der Waals surface area contributed by atoms with E-state index in [4.69, 9.17) is 17.3 Å². The number of aromatic nitrogens is 2. The van der Waals surface area contributed by atoms with Crippen molar-refractivity contribution in [3.8, 4) is 11.4 Å². The molecule has 1 heterocycles. The third-order valence-electron chi connectivity index (χ3n) is 3.44. The van der Waals surface area contributed by atoms with Crippen molar-refractivity contribution < 1.29 is 4.39 Å². The fraction of sp³-hybridized carbons (Fsp3) is 0.188. The summed E-state index contributed by atoms with van der Waals surface area (Å²) in [5.74, 6) is 0.364. The van der Waals surface area contributed by atoms with E-state index in [0.717, 1.165) is 11.1 Å². The van der Waals surface area contributed by atoms with E-state index in [9.17, 15) is 4.39 Å². The summed E-state index contributed by atoms with van der Waals surface area (Å²) in [6, 6.07) is 10.5. The number of halogens is 2. The number of nitrogens with zero attached hydrogens (tertiary/aromatic N) is 2. The lowest BCUT2D eigenvalue weighted by atomic mass is 10.2. The molecule has 0 aliphatic rings. The number of hydrogen-bond acceptors (Lipinski definition) is 2. The Labute approximate surface area is 127 Å². The van der Waals surface area contributed by atoms with Gasteiger partial charge in [-0.15, -0.1) is 0 Å². The lowest BCUT2D eigenvalue weighted by Gasteiger charge is -2.13. The van der Waals surface area contributed by atoms with Crippen LogP contribution in [0.1, 0.15) is 19.9 Å². The monoisotopic (exact) mass is 303 g/mol. The Kier molecular flexibility index (Phi) is 3.33.